The average Bonchev–Trinajstić information content (AvgIpc) is 3.00. The van der Waals surface area contributed by atoms with E-state index in [9.17, 15) is 4.79 Å². The number of nitrogens with zero attached hydrogens (tertiary/aromatic N) is 2. The van der Waals surface area contributed by atoms with Crippen LogP contribution in [0, 0.1) is 0 Å². The van der Waals surface area contributed by atoms with Gasteiger partial charge in [0.2, 0.25) is 5.91 Å². The van der Waals surface area contributed by atoms with Gasteiger partial charge in [0.15, 0.2) is 0 Å². The highest BCUT2D eigenvalue weighted by atomic mass is 16.2. The molecule has 1 unspecified atom stereocenters. The van der Waals surface area contributed by atoms with Crippen molar-refractivity contribution in [1.82, 2.24) is 9.88 Å². The van der Waals surface area contributed by atoms with E-state index in [0.717, 1.165) is 36.3 Å². The summed E-state index contributed by atoms with van der Waals surface area (Å²) in [7, 11) is 0. The van der Waals surface area contributed by atoms with Crippen LogP contribution in [0.25, 0.3) is 0 Å². The van der Waals surface area contributed by atoms with Crippen LogP contribution in [0.1, 0.15) is 30.1 Å². The second kappa shape index (κ2) is 5.95. The molecule has 1 amide bonds. The number of benzene rings is 1. The van der Waals surface area contributed by atoms with E-state index in [1.807, 2.05) is 47.4 Å². The van der Waals surface area contributed by atoms with Crippen molar-refractivity contribution >= 4 is 11.6 Å². The van der Waals surface area contributed by atoms with E-state index in [4.69, 9.17) is 5.73 Å². The molecule has 4 nitrogen and oxygen atoms in total. The zero-order chi connectivity index (χ0) is 14.7. The minimum absolute atomic E-state index is 0.118. The minimum Gasteiger partial charge on any atom is -0.399 e. The number of rotatable bonds is 3. The van der Waals surface area contributed by atoms with Gasteiger partial charge in [-0.3, -0.25) is 9.78 Å². The molecule has 21 heavy (non-hydrogen) atoms. The van der Waals surface area contributed by atoms with E-state index in [1.165, 1.54) is 0 Å². The third kappa shape index (κ3) is 3.05. The van der Waals surface area contributed by atoms with Gasteiger partial charge in [0.25, 0.3) is 0 Å². The molecule has 0 bridgehead atoms. The Morgan fingerprint density at radius 3 is 2.76 bits per heavy atom. The number of nitrogen functional groups attached to an aromatic ring is 1. The highest BCUT2D eigenvalue weighted by Crippen LogP contribution is 2.31. The molecular formula is C17H19N3O. The Kier molecular flexibility index (Phi) is 3.86. The summed E-state index contributed by atoms with van der Waals surface area (Å²) in [6, 6.07) is 13.5. The Hall–Kier alpha value is -2.36. The van der Waals surface area contributed by atoms with Crippen molar-refractivity contribution < 1.29 is 4.79 Å². The van der Waals surface area contributed by atoms with E-state index < -0.39 is 0 Å². The van der Waals surface area contributed by atoms with E-state index >= 15 is 0 Å². The number of aromatic nitrogens is 1. The predicted octanol–water partition coefficient (Wildman–Crippen LogP) is 2.57. The van der Waals surface area contributed by atoms with Crippen molar-refractivity contribution in [1.29, 1.82) is 0 Å². The molecule has 0 spiro atoms. The topological polar surface area (TPSA) is 59.2 Å². The molecule has 108 valence electrons. The zero-order valence-corrected chi connectivity index (χ0v) is 11.9. The third-order valence-electron chi connectivity index (χ3n) is 3.94. The summed E-state index contributed by atoms with van der Waals surface area (Å²) in [5.74, 6) is 0.160. The fraction of sp³-hybridized carbons (Fsp3) is 0.294. The maximum absolute atomic E-state index is 12.6. The maximum atomic E-state index is 12.6. The molecule has 2 N–H and O–H groups in total. The van der Waals surface area contributed by atoms with Crippen LogP contribution in [0.15, 0.2) is 48.7 Å². The first kappa shape index (κ1) is 13.6. The molecule has 1 aromatic carbocycles. The largest absolute Gasteiger partial charge is 0.399 e. The number of carbonyl (C=O) groups is 1. The molecule has 2 heterocycles. The number of nitrogens with two attached hydrogens (primary N) is 1. The van der Waals surface area contributed by atoms with Crippen molar-refractivity contribution in [3.8, 4) is 0 Å². The lowest BCUT2D eigenvalue weighted by molar-refractivity contribution is -0.131. The van der Waals surface area contributed by atoms with Crippen LogP contribution in [0.2, 0.25) is 0 Å². The standard InChI is InChI=1S/C17H19N3O/c18-14-8-6-13(7-9-14)12-17(21)20-11-3-5-16(20)15-4-1-2-10-19-15/h1-2,4,6-10,16H,3,5,11-12,18H2. The summed E-state index contributed by atoms with van der Waals surface area (Å²) in [6.07, 6.45) is 4.24. The van der Waals surface area contributed by atoms with E-state index in [1.54, 1.807) is 6.20 Å². The summed E-state index contributed by atoms with van der Waals surface area (Å²) >= 11 is 0. The van der Waals surface area contributed by atoms with Crippen LogP contribution in [0.3, 0.4) is 0 Å². The molecule has 1 aliphatic heterocycles. The van der Waals surface area contributed by atoms with Crippen molar-refractivity contribution in [2.24, 2.45) is 0 Å². The van der Waals surface area contributed by atoms with Gasteiger partial charge in [0.1, 0.15) is 0 Å². The van der Waals surface area contributed by atoms with E-state index in [-0.39, 0.29) is 11.9 Å². The van der Waals surface area contributed by atoms with Gasteiger partial charge in [0, 0.05) is 18.4 Å². The lowest BCUT2D eigenvalue weighted by atomic mass is 10.1. The van der Waals surface area contributed by atoms with Gasteiger partial charge in [-0.15, -0.1) is 0 Å². The third-order valence-corrected chi connectivity index (χ3v) is 3.94. The number of anilines is 1. The van der Waals surface area contributed by atoms with Crippen LogP contribution in [0.5, 0.6) is 0 Å². The number of amides is 1. The maximum Gasteiger partial charge on any atom is 0.227 e. The van der Waals surface area contributed by atoms with Crippen molar-refractivity contribution in [3.05, 3.63) is 59.9 Å². The Bertz CT molecular complexity index is 610. The van der Waals surface area contributed by atoms with Gasteiger partial charge in [-0.2, -0.15) is 0 Å². The second-order valence-electron chi connectivity index (χ2n) is 5.42. The Labute approximate surface area is 124 Å². The number of carbonyl (C=O) groups excluding carboxylic acids is 1. The summed E-state index contributed by atoms with van der Waals surface area (Å²) in [5, 5.41) is 0. The van der Waals surface area contributed by atoms with Gasteiger partial charge in [-0.1, -0.05) is 18.2 Å². The first-order valence-corrected chi connectivity index (χ1v) is 7.29. The molecule has 0 radical (unpaired) electrons. The fourth-order valence-electron chi connectivity index (χ4n) is 2.86. The summed E-state index contributed by atoms with van der Waals surface area (Å²) in [5.41, 5.74) is 8.38. The first-order chi connectivity index (χ1) is 10.2. The van der Waals surface area contributed by atoms with Gasteiger partial charge >= 0.3 is 0 Å². The summed E-state index contributed by atoms with van der Waals surface area (Å²) in [6.45, 7) is 0.815. The summed E-state index contributed by atoms with van der Waals surface area (Å²) in [4.78, 5) is 18.9. The van der Waals surface area contributed by atoms with Gasteiger partial charge in [0.05, 0.1) is 18.2 Å². The lowest BCUT2D eigenvalue weighted by Gasteiger charge is -2.24. The number of hydrogen-bond donors (Lipinski definition) is 1. The van der Waals surface area contributed by atoms with Crippen LogP contribution in [0.4, 0.5) is 5.69 Å². The molecule has 4 heteroatoms. The van der Waals surface area contributed by atoms with E-state index in [2.05, 4.69) is 4.98 Å². The highest BCUT2D eigenvalue weighted by Gasteiger charge is 2.30. The second-order valence-corrected chi connectivity index (χ2v) is 5.42. The molecule has 1 fully saturated rings. The Balaban J connectivity index is 1.73. The Morgan fingerprint density at radius 2 is 2.05 bits per heavy atom. The zero-order valence-electron chi connectivity index (χ0n) is 11.9. The van der Waals surface area contributed by atoms with Gasteiger partial charge in [-0.25, -0.2) is 0 Å². The normalized spacial score (nSPS) is 17.9. The first-order valence-electron chi connectivity index (χ1n) is 7.29. The number of pyridine rings is 1. The molecule has 1 saturated heterocycles. The highest BCUT2D eigenvalue weighted by molar-refractivity contribution is 5.79. The van der Waals surface area contributed by atoms with Crippen LogP contribution in [-0.2, 0) is 11.2 Å². The van der Waals surface area contributed by atoms with Crippen LogP contribution in [-0.4, -0.2) is 22.3 Å². The van der Waals surface area contributed by atoms with Gasteiger partial charge in [-0.05, 0) is 42.7 Å². The van der Waals surface area contributed by atoms with E-state index in [0.29, 0.717) is 6.42 Å². The Morgan fingerprint density at radius 1 is 1.24 bits per heavy atom. The molecular weight excluding hydrogens is 262 g/mol. The van der Waals surface area contributed by atoms with Crippen molar-refractivity contribution in [2.75, 3.05) is 12.3 Å². The SMILES string of the molecule is Nc1ccc(CC(=O)N2CCCC2c2ccccn2)cc1. The van der Waals surface area contributed by atoms with Crippen LogP contribution < -0.4 is 5.73 Å². The van der Waals surface area contributed by atoms with Crippen molar-refractivity contribution in [2.45, 2.75) is 25.3 Å². The minimum atomic E-state index is 0.118. The molecule has 1 aromatic heterocycles. The molecule has 2 aromatic rings. The molecule has 1 atom stereocenters. The summed E-state index contributed by atoms with van der Waals surface area (Å²) < 4.78 is 0. The quantitative estimate of drug-likeness (QED) is 0.880. The van der Waals surface area contributed by atoms with Crippen molar-refractivity contribution in [3.63, 3.8) is 0 Å². The molecule has 0 aliphatic carbocycles. The number of likely N-dealkylation sites (tertiary alicyclic amines) is 1. The van der Waals surface area contributed by atoms with Gasteiger partial charge < -0.3 is 10.6 Å². The molecule has 0 saturated carbocycles. The predicted molar refractivity (Wildman–Crippen MR) is 82.5 cm³/mol. The molecule has 1 aliphatic rings. The monoisotopic (exact) mass is 281 g/mol. The lowest BCUT2D eigenvalue weighted by Crippen LogP contribution is -2.32. The average molecular weight is 281 g/mol. The number of hydrogen-bond acceptors (Lipinski definition) is 3. The fourth-order valence-corrected chi connectivity index (χ4v) is 2.86. The van der Waals surface area contributed by atoms with Crippen LogP contribution >= 0.6 is 0 Å². The smallest absolute Gasteiger partial charge is 0.227 e. The molecule has 3 rings (SSSR count).